The van der Waals surface area contributed by atoms with Gasteiger partial charge in [-0.1, -0.05) is 30.3 Å². The standard InChI is InChI=1S/C9H9NO2/c10-8(6-9(11)12)7-4-2-1-3-5-7/h1-5,10H,6H2,(H,11,12). The second kappa shape index (κ2) is 3.67. The third-order valence-corrected chi connectivity index (χ3v) is 1.45. The van der Waals surface area contributed by atoms with E-state index in [1.807, 2.05) is 6.07 Å². The molecule has 0 atom stereocenters. The molecule has 0 aliphatic rings. The molecule has 0 saturated heterocycles. The maximum absolute atomic E-state index is 10.2. The number of rotatable bonds is 3. The number of nitrogens with one attached hydrogen (secondary N) is 1. The van der Waals surface area contributed by atoms with E-state index < -0.39 is 5.97 Å². The molecule has 3 heteroatoms. The largest absolute Gasteiger partial charge is 0.481 e. The fourth-order valence-electron chi connectivity index (χ4n) is 0.893. The lowest BCUT2D eigenvalue weighted by Gasteiger charge is -1.98. The van der Waals surface area contributed by atoms with Crippen LogP contribution in [0, 0.1) is 5.41 Å². The summed E-state index contributed by atoms with van der Waals surface area (Å²) in [4.78, 5) is 10.2. The first-order valence-corrected chi connectivity index (χ1v) is 3.55. The molecule has 1 aromatic rings. The van der Waals surface area contributed by atoms with Crippen LogP contribution in [-0.2, 0) is 4.79 Å². The average Bonchev–Trinajstić information content (AvgIpc) is 2.05. The Morgan fingerprint density at radius 1 is 1.33 bits per heavy atom. The van der Waals surface area contributed by atoms with Gasteiger partial charge in [-0.05, 0) is 5.56 Å². The van der Waals surface area contributed by atoms with Crippen LogP contribution in [0.25, 0.3) is 0 Å². The van der Waals surface area contributed by atoms with Crippen molar-refractivity contribution in [1.82, 2.24) is 0 Å². The number of hydrogen-bond donors (Lipinski definition) is 2. The van der Waals surface area contributed by atoms with Gasteiger partial charge in [0.05, 0.1) is 6.42 Å². The van der Waals surface area contributed by atoms with Crippen molar-refractivity contribution in [2.75, 3.05) is 0 Å². The van der Waals surface area contributed by atoms with Gasteiger partial charge in [0.2, 0.25) is 0 Å². The molecule has 0 amide bonds. The van der Waals surface area contributed by atoms with Gasteiger partial charge >= 0.3 is 5.97 Å². The third-order valence-electron chi connectivity index (χ3n) is 1.45. The number of carboxylic acids is 1. The first kappa shape index (κ1) is 8.46. The zero-order chi connectivity index (χ0) is 8.97. The smallest absolute Gasteiger partial charge is 0.309 e. The van der Waals surface area contributed by atoms with Crippen molar-refractivity contribution in [2.24, 2.45) is 0 Å². The van der Waals surface area contributed by atoms with E-state index in [1.165, 1.54) is 0 Å². The van der Waals surface area contributed by atoms with Crippen LogP contribution in [0.5, 0.6) is 0 Å². The molecule has 0 radical (unpaired) electrons. The van der Waals surface area contributed by atoms with Crippen molar-refractivity contribution in [2.45, 2.75) is 6.42 Å². The third kappa shape index (κ3) is 2.20. The van der Waals surface area contributed by atoms with Gasteiger partial charge in [0, 0.05) is 5.71 Å². The Bertz CT molecular complexity index is 293. The van der Waals surface area contributed by atoms with Crippen LogP contribution in [0.2, 0.25) is 0 Å². The molecule has 0 heterocycles. The first-order valence-electron chi connectivity index (χ1n) is 3.55. The molecule has 0 unspecified atom stereocenters. The van der Waals surface area contributed by atoms with Crippen LogP contribution < -0.4 is 0 Å². The maximum Gasteiger partial charge on any atom is 0.309 e. The predicted octanol–water partition coefficient (Wildman–Crippen LogP) is 1.53. The van der Waals surface area contributed by atoms with Crippen LogP contribution in [-0.4, -0.2) is 16.8 Å². The van der Waals surface area contributed by atoms with Gasteiger partial charge in [-0.15, -0.1) is 0 Å². The maximum atomic E-state index is 10.2. The molecule has 3 nitrogen and oxygen atoms in total. The van der Waals surface area contributed by atoms with Gasteiger partial charge in [0.1, 0.15) is 0 Å². The average molecular weight is 163 g/mol. The summed E-state index contributed by atoms with van der Waals surface area (Å²) in [6.07, 6.45) is -0.218. The van der Waals surface area contributed by atoms with E-state index in [2.05, 4.69) is 0 Å². The molecule has 0 bridgehead atoms. The van der Waals surface area contributed by atoms with Crippen molar-refractivity contribution < 1.29 is 9.90 Å². The summed E-state index contributed by atoms with van der Waals surface area (Å²) >= 11 is 0. The van der Waals surface area contributed by atoms with E-state index >= 15 is 0 Å². The van der Waals surface area contributed by atoms with E-state index in [9.17, 15) is 4.79 Å². The summed E-state index contributed by atoms with van der Waals surface area (Å²) in [6.45, 7) is 0. The molecule has 0 aliphatic heterocycles. The van der Waals surface area contributed by atoms with Crippen molar-refractivity contribution in [3.63, 3.8) is 0 Å². The Morgan fingerprint density at radius 3 is 2.42 bits per heavy atom. The lowest BCUT2D eigenvalue weighted by Crippen LogP contribution is -2.06. The second-order valence-corrected chi connectivity index (χ2v) is 2.42. The second-order valence-electron chi connectivity index (χ2n) is 2.42. The molecule has 0 aliphatic carbocycles. The Hall–Kier alpha value is -1.64. The van der Waals surface area contributed by atoms with Crippen LogP contribution in [0.1, 0.15) is 12.0 Å². The molecule has 62 valence electrons. The lowest BCUT2D eigenvalue weighted by molar-refractivity contribution is -0.135. The van der Waals surface area contributed by atoms with Crippen molar-refractivity contribution in [1.29, 1.82) is 5.41 Å². The highest BCUT2D eigenvalue weighted by Gasteiger charge is 2.04. The number of benzene rings is 1. The molecule has 2 N–H and O–H groups in total. The van der Waals surface area contributed by atoms with Gasteiger partial charge < -0.3 is 10.5 Å². The zero-order valence-corrected chi connectivity index (χ0v) is 6.45. The number of carboxylic acid groups (broad SMARTS) is 1. The summed E-state index contributed by atoms with van der Waals surface area (Å²) < 4.78 is 0. The van der Waals surface area contributed by atoms with Crippen molar-refractivity contribution in [3.8, 4) is 0 Å². The van der Waals surface area contributed by atoms with Gasteiger partial charge in [-0.3, -0.25) is 4.79 Å². The Kier molecular flexibility index (Phi) is 2.58. The fraction of sp³-hybridized carbons (Fsp3) is 0.111. The molecule has 0 fully saturated rings. The number of hydrogen-bond acceptors (Lipinski definition) is 2. The van der Waals surface area contributed by atoms with Gasteiger partial charge in [-0.25, -0.2) is 0 Å². The minimum Gasteiger partial charge on any atom is -0.481 e. The van der Waals surface area contributed by atoms with Crippen LogP contribution in [0.4, 0.5) is 0 Å². The molecule has 0 saturated carbocycles. The molecular weight excluding hydrogens is 154 g/mol. The highest BCUT2D eigenvalue weighted by Crippen LogP contribution is 2.02. The molecule has 0 aromatic heterocycles. The summed E-state index contributed by atoms with van der Waals surface area (Å²) in [6, 6.07) is 8.85. The van der Waals surface area contributed by atoms with Gasteiger partial charge in [0.25, 0.3) is 0 Å². The van der Waals surface area contributed by atoms with E-state index in [0.29, 0.717) is 5.56 Å². The van der Waals surface area contributed by atoms with Gasteiger partial charge in [0.15, 0.2) is 0 Å². The van der Waals surface area contributed by atoms with Crippen molar-refractivity contribution >= 4 is 11.7 Å². The normalized spacial score (nSPS) is 9.33. The summed E-state index contributed by atoms with van der Waals surface area (Å²) in [5.74, 6) is -0.969. The number of carbonyl (C=O) groups is 1. The van der Waals surface area contributed by atoms with Crippen LogP contribution in [0.15, 0.2) is 30.3 Å². The molecular formula is C9H9NO2. The summed E-state index contributed by atoms with van der Waals surface area (Å²) in [5.41, 5.74) is 0.808. The minimum absolute atomic E-state index is 0.142. The number of aliphatic carboxylic acids is 1. The molecule has 12 heavy (non-hydrogen) atoms. The van der Waals surface area contributed by atoms with E-state index in [1.54, 1.807) is 24.3 Å². The van der Waals surface area contributed by atoms with E-state index in [0.717, 1.165) is 0 Å². The zero-order valence-electron chi connectivity index (χ0n) is 6.45. The summed E-state index contributed by atoms with van der Waals surface area (Å²) in [5, 5.41) is 15.8. The monoisotopic (exact) mass is 163 g/mol. The van der Waals surface area contributed by atoms with Gasteiger partial charge in [-0.2, -0.15) is 0 Å². The first-order chi connectivity index (χ1) is 5.70. The SMILES string of the molecule is N=C(CC(=O)O)c1ccccc1. The van der Waals surface area contributed by atoms with Crippen LogP contribution in [0.3, 0.4) is 0 Å². The quantitative estimate of drug-likeness (QED) is 0.664. The highest BCUT2D eigenvalue weighted by atomic mass is 16.4. The molecule has 1 rings (SSSR count). The Labute approximate surface area is 70.2 Å². The fourth-order valence-corrected chi connectivity index (χ4v) is 0.893. The molecule has 0 spiro atoms. The Morgan fingerprint density at radius 2 is 1.92 bits per heavy atom. The van der Waals surface area contributed by atoms with Crippen molar-refractivity contribution in [3.05, 3.63) is 35.9 Å². The highest BCUT2D eigenvalue weighted by molar-refractivity contribution is 6.07. The minimum atomic E-state index is -0.969. The van der Waals surface area contributed by atoms with E-state index in [4.69, 9.17) is 10.5 Å². The predicted molar refractivity (Wildman–Crippen MR) is 45.5 cm³/mol. The summed E-state index contributed by atoms with van der Waals surface area (Å²) in [7, 11) is 0. The topological polar surface area (TPSA) is 61.2 Å². The van der Waals surface area contributed by atoms with Crippen LogP contribution >= 0.6 is 0 Å². The lowest BCUT2D eigenvalue weighted by atomic mass is 10.1. The van der Waals surface area contributed by atoms with E-state index in [-0.39, 0.29) is 12.1 Å². The molecule has 1 aromatic carbocycles. The Balaban J connectivity index is 2.73.